The molecule has 2 aliphatic rings. The molecule has 0 aromatic carbocycles. The Morgan fingerprint density at radius 3 is 2.57 bits per heavy atom. The van der Waals surface area contributed by atoms with Crippen molar-refractivity contribution >= 4 is 0 Å². The second-order valence-corrected chi connectivity index (χ2v) is 5.01. The summed E-state index contributed by atoms with van der Waals surface area (Å²) in [5.41, 5.74) is 5.75. The monoisotopic (exact) mass is 197 g/mol. The van der Waals surface area contributed by atoms with Gasteiger partial charge in [-0.3, -0.25) is 4.90 Å². The Balaban J connectivity index is 1.85. The maximum Gasteiger partial charge on any atom is 0.0235 e. The lowest BCUT2D eigenvalue weighted by Crippen LogP contribution is -2.52. The van der Waals surface area contributed by atoms with E-state index in [4.69, 9.17) is 5.73 Å². The van der Waals surface area contributed by atoms with Gasteiger partial charge in [-0.2, -0.15) is 0 Å². The minimum absolute atomic E-state index is 0.769. The fraction of sp³-hybridized carbons (Fsp3) is 1.00. The molecule has 0 bridgehead atoms. The lowest BCUT2D eigenvalue weighted by atomic mass is 9.78. The number of hydrogen-bond donors (Lipinski definition) is 1. The Bertz CT molecular complexity index is 191. The van der Waals surface area contributed by atoms with Crippen molar-refractivity contribution in [2.24, 2.45) is 11.7 Å². The topological polar surface area (TPSA) is 32.5 Å². The summed E-state index contributed by atoms with van der Waals surface area (Å²) in [5.74, 6) is 0.769. The van der Waals surface area contributed by atoms with Crippen molar-refractivity contribution in [1.82, 2.24) is 9.80 Å². The maximum atomic E-state index is 5.75. The molecule has 1 aliphatic carbocycles. The van der Waals surface area contributed by atoms with Gasteiger partial charge in [-0.15, -0.1) is 0 Å². The van der Waals surface area contributed by atoms with Gasteiger partial charge < -0.3 is 10.6 Å². The molecule has 2 fully saturated rings. The average Bonchev–Trinajstić information content (AvgIpc) is 2.50. The van der Waals surface area contributed by atoms with E-state index in [-0.39, 0.29) is 0 Å². The van der Waals surface area contributed by atoms with Crippen LogP contribution in [0.3, 0.4) is 0 Å². The molecular weight excluding hydrogens is 174 g/mol. The van der Waals surface area contributed by atoms with E-state index < -0.39 is 0 Å². The summed E-state index contributed by atoms with van der Waals surface area (Å²) < 4.78 is 0. The van der Waals surface area contributed by atoms with Crippen LogP contribution < -0.4 is 5.73 Å². The molecule has 2 N–H and O–H groups in total. The van der Waals surface area contributed by atoms with Gasteiger partial charge in [0.2, 0.25) is 0 Å². The van der Waals surface area contributed by atoms with Crippen molar-refractivity contribution in [2.75, 3.05) is 33.7 Å². The van der Waals surface area contributed by atoms with Crippen LogP contribution in [0.1, 0.15) is 19.3 Å². The first-order valence-corrected chi connectivity index (χ1v) is 5.83. The van der Waals surface area contributed by atoms with Crippen LogP contribution >= 0.6 is 0 Å². The molecule has 1 aliphatic heterocycles. The molecule has 2 rings (SSSR count). The van der Waals surface area contributed by atoms with E-state index in [9.17, 15) is 0 Å². The van der Waals surface area contributed by atoms with Gasteiger partial charge >= 0.3 is 0 Å². The Hall–Kier alpha value is -0.120. The van der Waals surface area contributed by atoms with Crippen molar-refractivity contribution in [2.45, 2.75) is 31.3 Å². The van der Waals surface area contributed by atoms with Crippen LogP contribution in [0, 0.1) is 5.92 Å². The molecule has 1 saturated heterocycles. The van der Waals surface area contributed by atoms with E-state index in [2.05, 4.69) is 23.9 Å². The summed E-state index contributed by atoms with van der Waals surface area (Å²) in [6.07, 6.45) is 4.04. The molecule has 3 nitrogen and oxygen atoms in total. The molecular formula is C11H23N3. The third-order valence-electron chi connectivity index (χ3n) is 4.15. The molecule has 0 radical (unpaired) electrons. The number of rotatable bonds is 3. The van der Waals surface area contributed by atoms with Gasteiger partial charge in [-0.25, -0.2) is 0 Å². The zero-order chi connectivity index (χ0) is 10.1. The van der Waals surface area contributed by atoms with E-state index in [0.717, 1.165) is 24.5 Å². The third kappa shape index (κ3) is 1.81. The van der Waals surface area contributed by atoms with Crippen LogP contribution in [0.25, 0.3) is 0 Å². The Morgan fingerprint density at radius 1 is 1.36 bits per heavy atom. The standard InChI is InChI=1S/C11H23N3/c1-13-6-5-10(8-13)14(2)11-4-3-9(11)7-12/h9-11H,3-8,12H2,1-2H3. The molecule has 0 aromatic heterocycles. The van der Waals surface area contributed by atoms with Crippen LogP contribution in [0.4, 0.5) is 0 Å². The molecule has 14 heavy (non-hydrogen) atoms. The summed E-state index contributed by atoms with van der Waals surface area (Å²) in [5, 5.41) is 0. The van der Waals surface area contributed by atoms with Gasteiger partial charge in [0.05, 0.1) is 0 Å². The van der Waals surface area contributed by atoms with Crippen LogP contribution in [0.2, 0.25) is 0 Å². The van der Waals surface area contributed by atoms with Gasteiger partial charge in [0.1, 0.15) is 0 Å². The second-order valence-electron chi connectivity index (χ2n) is 5.01. The zero-order valence-corrected chi connectivity index (χ0v) is 9.45. The summed E-state index contributed by atoms with van der Waals surface area (Å²) in [6, 6.07) is 1.55. The van der Waals surface area contributed by atoms with Crippen molar-refractivity contribution in [3.63, 3.8) is 0 Å². The van der Waals surface area contributed by atoms with Crippen LogP contribution in [0.15, 0.2) is 0 Å². The SMILES string of the molecule is CN1CCC(N(C)C2CCC2CN)C1. The first-order valence-electron chi connectivity index (χ1n) is 5.83. The molecule has 82 valence electrons. The van der Waals surface area contributed by atoms with Crippen molar-refractivity contribution in [3.8, 4) is 0 Å². The summed E-state index contributed by atoms with van der Waals surface area (Å²) in [7, 11) is 4.51. The van der Waals surface area contributed by atoms with Gasteiger partial charge in [0, 0.05) is 18.6 Å². The maximum absolute atomic E-state index is 5.75. The molecule has 3 atom stereocenters. The minimum Gasteiger partial charge on any atom is -0.330 e. The molecule has 0 spiro atoms. The number of likely N-dealkylation sites (tertiary alicyclic amines) is 1. The Morgan fingerprint density at radius 2 is 2.14 bits per heavy atom. The predicted octanol–water partition coefficient (Wildman–Crippen LogP) is 0.360. The third-order valence-corrected chi connectivity index (χ3v) is 4.15. The predicted molar refractivity (Wildman–Crippen MR) is 59.2 cm³/mol. The van der Waals surface area contributed by atoms with E-state index >= 15 is 0 Å². The molecule has 3 unspecified atom stereocenters. The number of likely N-dealkylation sites (N-methyl/N-ethyl adjacent to an activating group) is 2. The number of nitrogens with zero attached hydrogens (tertiary/aromatic N) is 2. The van der Waals surface area contributed by atoms with Crippen molar-refractivity contribution in [3.05, 3.63) is 0 Å². The first kappa shape index (κ1) is 10.4. The Kier molecular flexibility index (Phi) is 3.10. The number of nitrogens with two attached hydrogens (primary N) is 1. The second kappa shape index (κ2) is 4.17. The molecule has 1 saturated carbocycles. The van der Waals surface area contributed by atoms with E-state index in [1.807, 2.05) is 0 Å². The summed E-state index contributed by atoms with van der Waals surface area (Å²) in [4.78, 5) is 5.02. The average molecular weight is 197 g/mol. The van der Waals surface area contributed by atoms with Gasteiger partial charge in [0.15, 0.2) is 0 Å². The lowest BCUT2D eigenvalue weighted by Gasteiger charge is -2.44. The quantitative estimate of drug-likeness (QED) is 0.709. The normalized spacial score (nSPS) is 39.0. The van der Waals surface area contributed by atoms with Crippen LogP contribution in [0.5, 0.6) is 0 Å². The summed E-state index contributed by atoms with van der Waals surface area (Å²) >= 11 is 0. The van der Waals surface area contributed by atoms with Gasteiger partial charge in [0.25, 0.3) is 0 Å². The number of hydrogen-bond acceptors (Lipinski definition) is 3. The van der Waals surface area contributed by atoms with Gasteiger partial charge in [-0.05, 0) is 52.4 Å². The van der Waals surface area contributed by atoms with E-state index in [0.29, 0.717) is 0 Å². The zero-order valence-electron chi connectivity index (χ0n) is 9.45. The van der Waals surface area contributed by atoms with Gasteiger partial charge in [-0.1, -0.05) is 0 Å². The largest absolute Gasteiger partial charge is 0.330 e. The lowest BCUT2D eigenvalue weighted by molar-refractivity contribution is 0.0573. The highest BCUT2D eigenvalue weighted by atomic mass is 15.3. The molecule has 3 heteroatoms. The minimum atomic E-state index is 0.769. The highest BCUT2D eigenvalue weighted by Crippen LogP contribution is 2.32. The summed E-state index contributed by atoms with van der Waals surface area (Å²) in [6.45, 7) is 3.37. The van der Waals surface area contributed by atoms with Crippen LogP contribution in [-0.2, 0) is 0 Å². The Labute approximate surface area is 87.2 Å². The molecule has 0 aromatic rings. The molecule has 1 heterocycles. The fourth-order valence-corrected chi connectivity index (χ4v) is 2.88. The molecule has 0 amide bonds. The van der Waals surface area contributed by atoms with Crippen LogP contribution in [-0.4, -0.2) is 55.6 Å². The van der Waals surface area contributed by atoms with Crippen molar-refractivity contribution < 1.29 is 0 Å². The first-order chi connectivity index (χ1) is 6.72. The van der Waals surface area contributed by atoms with Crippen molar-refractivity contribution in [1.29, 1.82) is 0 Å². The van der Waals surface area contributed by atoms with E-state index in [1.165, 1.54) is 32.4 Å². The smallest absolute Gasteiger partial charge is 0.0235 e. The highest BCUT2D eigenvalue weighted by Gasteiger charge is 2.37. The highest BCUT2D eigenvalue weighted by molar-refractivity contribution is 4.93. The van der Waals surface area contributed by atoms with E-state index in [1.54, 1.807) is 0 Å². The fourth-order valence-electron chi connectivity index (χ4n) is 2.88.